The maximum Gasteiger partial charge on any atom is 0.407 e. The van der Waals surface area contributed by atoms with Crippen molar-refractivity contribution in [2.24, 2.45) is 0 Å². The fraction of sp³-hybridized carbons (Fsp3) is 0.906. The zero-order chi connectivity index (χ0) is 33.1. The Morgan fingerprint density at radius 1 is 0.578 bits per heavy atom. The third kappa shape index (κ3) is 34.8. The van der Waals surface area contributed by atoms with Gasteiger partial charge in [0, 0.05) is 26.0 Å². The topological polar surface area (TPSA) is 140 Å². The summed E-state index contributed by atoms with van der Waals surface area (Å²) in [5, 5.41) is 5.26. The highest BCUT2D eigenvalue weighted by atomic mass is 35.5. The number of ether oxygens (including phenoxy) is 7. The smallest absolute Gasteiger partial charge is 0.407 e. The average molecular weight is 669 g/mol. The van der Waals surface area contributed by atoms with Crippen LogP contribution in [0.5, 0.6) is 0 Å². The van der Waals surface area contributed by atoms with Crippen LogP contribution in [0.25, 0.3) is 0 Å². The van der Waals surface area contributed by atoms with Crippen molar-refractivity contribution < 1.29 is 47.5 Å². The number of carbonyl (C=O) groups is 3. The molecule has 45 heavy (non-hydrogen) atoms. The van der Waals surface area contributed by atoms with E-state index in [4.69, 9.17) is 44.8 Å². The number of hydrogen-bond donors (Lipinski definition) is 2. The van der Waals surface area contributed by atoms with Crippen molar-refractivity contribution >= 4 is 29.8 Å². The van der Waals surface area contributed by atoms with Gasteiger partial charge >= 0.3 is 18.2 Å². The van der Waals surface area contributed by atoms with Crippen LogP contribution in [0.1, 0.15) is 97.3 Å². The molecule has 0 aromatic rings. The van der Waals surface area contributed by atoms with Crippen LogP contribution in [0.2, 0.25) is 0 Å². The quantitative estimate of drug-likeness (QED) is 0.0384. The molecule has 0 aliphatic heterocycles. The van der Waals surface area contributed by atoms with Crippen molar-refractivity contribution in [3.05, 3.63) is 0 Å². The Kier molecular flexibility index (Phi) is 33.6. The van der Waals surface area contributed by atoms with Gasteiger partial charge < -0.3 is 43.8 Å². The molecule has 0 aromatic carbocycles. The van der Waals surface area contributed by atoms with Gasteiger partial charge in [-0.2, -0.15) is 0 Å². The van der Waals surface area contributed by atoms with Gasteiger partial charge in [-0.25, -0.2) is 9.59 Å². The molecule has 0 aliphatic rings. The summed E-state index contributed by atoms with van der Waals surface area (Å²) >= 11 is 5.64. The van der Waals surface area contributed by atoms with E-state index in [1.165, 1.54) is 45.4 Å². The molecule has 2 amide bonds. The van der Waals surface area contributed by atoms with Gasteiger partial charge in [0.15, 0.2) is 0 Å². The van der Waals surface area contributed by atoms with Crippen molar-refractivity contribution in [3.63, 3.8) is 0 Å². The number of rotatable bonds is 33. The lowest BCUT2D eigenvalue weighted by atomic mass is 10.1. The van der Waals surface area contributed by atoms with E-state index < -0.39 is 12.2 Å². The van der Waals surface area contributed by atoms with E-state index in [0.29, 0.717) is 51.9 Å². The minimum Gasteiger partial charge on any atom is -0.461 e. The van der Waals surface area contributed by atoms with Crippen LogP contribution in [0.3, 0.4) is 0 Å². The highest BCUT2D eigenvalue weighted by molar-refractivity contribution is 6.17. The maximum absolute atomic E-state index is 12.0. The molecule has 266 valence electrons. The number of alkyl halides is 1. The summed E-state index contributed by atoms with van der Waals surface area (Å²) in [6.07, 6.45) is 13.1. The van der Waals surface area contributed by atoms with E-state index in [-0.39, 0.29) is 45.0 Å². The molecule has 0 bridgehead atoms. The summed E-state index contributed by atoms with van der Waals surface area (Å²) in [5.41, 5.74) is 0. The molecule has 13 heteroatoms. The summed E-state index contributed by atoms with van der Waals surface area (Å²) in [5.74, 6) is 0.351. The molecule has 0 radical (unpaired) electrons. The molecule has 0 saturated carbocycles. The van der Waals surface area contributed by atoms with Gasteiger partial charge in [0.25, 0.3) is 0 Å². The number of esters is 1. The van der Waals surface area contributed by atoms with E-state index in [1.54, 1.807) is 0 Å². The first kappa shape index (κ1) is 43.1. The first-order valence-corrected chi connectivity index (χ1v) is 17.4. The summed E-state index contributed by atoms with van der Waals surface area (Å²) in [6, 6.07) is 0. The molecular weight excluding hydrogens is 608 g/mol. The van der Waals surface area contributed by atoms with E-state index >= 15 is 0 Å². The first-order valence-electron chi connectivity index (χ1n) is 16.8. The lowest BCUT2D eigenvalue weighted by molar-refractivity contribution is -0.146. The van der Waals surface area contributed by atoms with Gasteiger partial charge in [0.05, 0.1) is 52.8 Å². The van der Waals surface area contributed by atoms with E-state index in [1.807, 2.05) is 0 Å². The maximum atomic E-state index is 12.0. The number of carbonyl (C=O) groups excluding carboxylic acids is 3. The average Bonchev–Trinajstić information content (AvgIpc) is 3.02. The van der Waals surface area contributed by atoms with E-state index in [2.05, 4.69) is 17.6 Å². The van der Waals surface area contributed by atoms with Crippen molar-refractivity contribution in [3.8, 4) is 0 Å². The predicted molar refractivity (Wildman–Crippen MR) is 174 cm³/mol. The summed E-state index contributed by atoms with van der Waals surface area (Å²) in [7, 11) is 0. The standard InChI is InChI=1S/C32H61ClN2O10/c1-3-4-5-6-7-8-9-12-15-30(45-29(2)36)28-35-32(38)44-27-25-42-23-22-41-24-26-43-31(37)34-17-19-40-21-20-39-18-14-11-10-13-16-33/h30H,3-28H2,1-2H3,(H,34,37)(H,35,38). The molecule has 1 unspecified atom stereocenters. The second-order valence-electron chi connectivity index (χ2n) is 10.6. The van der Waals surface area contributed by atoms with Gasteiger partial charge in [-0.1, -0.05) is 64.7 Å². The molecule has 1 atom stereocenters. The second kappa shape index (κ2) is 35.0. The zero-order valence-corrected chi connectivity index (χ0v) is 28.7. The highest BCUT2D eigenvalue weighted by Crippen LogP contribution is 2.12. The Balaban J connectivity index is 3.55. The molecule has 12 nitrogen and oxygen atoms in total. The number of halogens is 1. The number of hydrogen-bond acceptors (Lipinski definition) is 10. The summed E-state index contributed by atoms with van der Waals surface area (Å²) in [4.78, 5) is 35.0. The molecule has 0 aliphatic carbocycles. The Bertz CT molecular complexity index is 690. The number of unbranched alkanes of at least 4 members (excludes halogenated alkanes) is 10. The SMILES string of the molecule is CCCCCCCCCCC(CNC(=O)OCCOCCOCCOC(=O)NCCOCCOCCCCCCCl)OC(C)=O. The number of amides is 2. The van der Waals surface area contributed by atoms with Crippen molar-refractivity contribution in [1.29, 1.82) is 0 Å². The van der Waals surface area contributed by atoms with Gasteiger partial charge in [-0.3, -0.25) is 4.79 Å². The lowest BCUT2D eigenvalue weighted by Gasteiger charge is -2.17. The highest BCUT2D eigenvalue weighted by Gasteiger charge is 2.14. The summed E-state index contributed by atoms with van der Waals surface area (Å²) < 4.78 is 37.1. The van der Waals surface area contributed by atoms with E-state index in [9.17, 15) is 14.4 Å². The first-order chi connectivity index (χ1) is 22.0. The minimum absolute atomic E-state index is 0.0809. The fourth-order valence-electron chi connectivity index (χ4n) is 4.15. The minimum atomic E-state index is -0.584. The van der Waals surface area contributed by atoms with Crippen LogP contribution >= 0.6 is 11.6 Å². The Morgan fingerprint density at radius 3 is 1.67 bits per heavy atom. The Hall–Kier alpha value is -1.86. The normalized spacial score (nSPS) is 11.6. The largest absolute Gasteiger partial charge is 0.461 e. The molecule has 0 rings (SSSR count). The molecule has 0 saturated heterocycles. The van der Waals surface area contributed by atoms with Crippen LogP contribution in [-0.2, 0) is 38.0 Å². The van der Waals surface area contributed by atoms with Crippen LogP contribution in [0.15, 0.2) is 0 Å². The van der Waals surface area contributed by atoms with Gasteiger partial charge in [0.1, 0.15) is 19.3 Å². The zero-order valence-electron chi connectivity index (χ0n) is 27.9. The molecule has 0 spiro atoms. The number of nitrogens with one attached hydrogen (secondary N) is 2. The van der Waals surface area contributed by atoms with Crippen molar-refractivity contribution in [2.75, 3.05) is 85.0 Å². The van der Waals surface area contributed by atoms with Gasteiger partial charge in [0.2, 0.25) is 0 Å². The monoisotopic (exact) mass is 668 g/mol. The molecule has 0 heterocycles. The van der Waals surface area contributed by atoms with Crippen LogP contribution in [0, 0.1) is 0 Å². The third-order valence-electron chi connectivity index (χ3n) is 6.54. The van der Waals surface area contributed by atoms with Crippen LogP contribution in [0.4, 0.5) is 9.59 Å². The fourth-order valence-corrected chi connectivity index (χ4v) is 4.34. The molecular formula is C32H61ClN2O10. The lowest BCUT2D eigenvalue weighted by Crippen LogP contribution is -2.35. The molecule has 0 aromatic heterocycles. The molecule has 0 fully saturated rings. The van der Waals surface area contributed by atoms with Crippen LogP contribution < -0.4 is 10.6 Å². The summed E-state index contributed by atoms with van der Waals surface area (Å²) in [6.45, 7) is 7.50. The third-order valence-corrected chi connectivity index (χ3v) is 6.81. The van der Waals surface area contributed by atoms with Crippen molar-refractivity contribution in [1.82, 2.24) is 10.6 Å². The molecule has 2 N–H and O–H groups in total. The second-order valence-corrected chi connectivity index (χ2v) is 11.0. The number of alkyl carbamates (subject to hydrolysis) is 2. The Morgan fingerprint density at radius 2 is 1.07 bits per heavy atom. The predicted octanol–water partition coefficient (Wildman–Crippen LogP) is 5.77. The van der Waals surface area contributed by atoms with Crippen LogP contribution in [-0.4, -0.2) is 109 Å². The van der Waals surface area contributed by atoms with Crippen molar-refractivity contribution in [2.45, 2.75) is 103 Å². The van der Waals surface area contributed by atoms with Gasteiger partial charge in [-0.15, -0.1) is 11.6 Å². The van der Waals surface area contributed by atoms with Gasteiger partial charge in [-0.05, 0) is 25.7 Å². The Labute approximate surface area is 276 Å². The van der Waals surface area contributed by atoms with E-state index in [0.717, 1.165) is 45.1 Å².